The summed E-state index contributed by atoms with van der Waals surface area (Å²) in [6.07, 6.45) is 0.325. The molecule has 6 heteroatoms. The number of hydrogen-bond donors (Lipinski definition) is 1. The molecule has 2 rings (SSSR count). The van der Waals surface area contributed by atoms with Gasteiger partial charge in [-0.15, -0.1) is 0 Å². The number of carbonyl (C=O) groups excluding carboxylic acids is 3. The van der Waals surface area contributed by atoms with Gasteiger partial charge in [-0.2, -0.15) is 0 Å². The monoisotopic (exact) mass is 396 g/mol. The summed E-state index contributed by atoms with van der Waals surface area (Å²) < 4.78 is 5.34. The second kappa shape index (κ2) is 11.1. The lowest BCUT2D eigenvalue weighted by atomic mass is 10.0. The van der Waals surface area contributed by atoms with Gasteiger partial charge in [-0.05, 0) is 23.5 Å². The van der Waals surface area contributed by atoms with Crippen LogP contribution in [0, 0.1) is 5.92 Å². The molecule has 2 aromatic rings. The number of amides is 2. The van der Waals surface area contributed by atoms with Crippen LogP contribution in [0.1, 0.15) is 31.4 Å². The van der Waals surface area contributed by atoms with Gasteiger partial charge in [0.25, 0.3) is 0 Å². The van der Waals surface area contributed by atoms with E-state index in [1.807, 2.05) is 74.5 Å². The second-order valence-corrected chi connectivity index (χ2v) is 7.38. The van der Waals surface area contributed by atoms with Crippen LogP contribution in [0.3, 0.4) is 0 Å². The lowest BCUT2D eigenvalue weighted by molar-refractivity contribution is -0.136. The summed E-state index contributed by atoms with van der Waals surface area (Å²) >= 11 is 0. The zero-order valence-corrected chi connectivity index (χ0v) is 16.9. The van der Waals surface area contributed by atoms with Crippen LogP contribution in [0.5, 0.6) is 0 Å². The topological polar surface area (TPSA) is 89.7 Å². The van der Waals surface area contributed by atoms with E-state index < -0.39 is 24.1 Å². The third kappa shape index (κ3) is 6.84. The molecule has 2 atom stereocenters. The van der Waals surface area contributed by atoms with E-state index in [0.717, 1.165) is 16.0 Å². The summed E-state index contributed by atoms with van der Waals surface area (Å²) in [5.41, 5.74) is 7.65. The van der Waals surface area contributed by atoms with E-state index in [1.54, 1.807) is 0 Å². The number of benzene rings is 2. The molecule has 0 fully saturated rings. The van der Waals surface area contributed by atoms with Crippen LogP contribution in [0.4, 0.5) is 4.79 Å². The maximum absolute atomic E-state index is 13.0. The van der Waals surface area contributed by atoms with Gasteiger partial charge in [0.2, 0.25) is 5.91 Å². The number of imide groups is 1. The normalized spacial score (nSPS) is 12.8. The van der Waals surface area contributed by atoms with Gasteiger partial charge in [-0.3, -0.25) is 4.79 Å². The molecule has 0 spiro atoms. The van der Waals surface area contributed by atoms with Crippen LogP contribution in [-0.2, 0) is 27.4 Å². The smallest absolute Gasteiger partial charge is 0.417 e. The highest BCUT2D eigenvalue weighted by molar-refractivity contribution is 5.97. The minimum absolute atomic E-state index is 0.000212. The zero-order valence-electron chi connectivity index (χ0n) is 16.9. The molecule has 154 valence electrons. The molecule has 0 aromatic heterocycles. The average Bonchev–Trinajstić information content (AvgIpc) is 2.72. The first-order valence-electron chi connectivity index (χ1n) is 9.71. The molecule has 0 unspecified atom stereocenters. The fraction of sp³-hybridized carbons (Fsp3) is 0.348. The number of hydrogen-bond acceptors (Lipinski definition) is 5. The molecule has 0 aliphatic heterocycles. The molecule has 0 aliphatic carbocycles. The number of aldehydes is 1. The Labute approximate surface area is 171 Å². The Kier molecular flexibility index (Phi) is 8.55. The van der Waals surface area contributed by atoms with E-state index in [2.05, 4.69) is 0 Å². The fourth-order valence-electron chi connectivity index (χ4n) is 3.02. The Balaban J connectivity index is 2.21. The van der Waals surface area contributed by atoms with Gasteiger partial charge in [-0.1, -0.05) is 74.5 Å². The molecule has 2 N–H and O–H groups in total. The fourth-order valence-corrected chi connectivity index (χ4v) is 3.02. The first-order valence-corrected chi connectivity index (χ1v) is 9.71. The van der Waals surface area contributed by atoms with E-state index >= 15 is 0 Å². The molecular weight excluding hydrogens is 368 g/mol. The summed E-state index contributed by atoms with van der Waals surface area (Å²) in [5.74, 6) is -0.440. The molecule has 2 aromatic carbocycles. The van der Waals surface area contributed by atoms with Crippen molar-refractivity contribution in [3.05, 3.63) is 71.8 Å². The van der Waals surface area contributed by atoms with Crippen LogP contribution < -0.4 is 5.73 Å². The Morgan fingerprint density at radius 1 is 1.00 bits per heavy atom. The number of rotatable bonds is 9. The summed E-state index contributed by atoms with van der Waals surface area (Å²) in [4.78, 5) is 38.5. The maximum Gasteiger partial charge on any atom is 0.417 e. The van der Waals surface area contributed by atoms with Crippen molar-refractivity contribution in [3.63, 3.8) is 0 Å². The minimum Gasteiger partial charge on any atom is -0.444 e. The standard InChI is InChI=1S/C23H28N2O4/c1-17(2)13-21(24)22(27)25(20(15-26)14-18-9-5-3-6-10-18)23(28)29-16-19-11-7-4-8-12-19/h3-12,15,17,20-21H,13-14,16,24H2,1-2H3/t20-,21-/m0/s1. The van der Waals surface area contributed by atoms with Gasteiger partial charge in [-0.25, -0.2) is 9.69 Å². The molecule has 29 heavy (non-hydrogen) atoms. The lowest BCUT2D eigenvalue weighted by Gasteiger charge is -2.28. The van der Waals surface area contributed by atoms with Crippen LogP contribution in [0.25, 0.3) is 0 Å². The third-order valence-corrected chi connectivity index (χ3v) is 4.46. The summed E-state index contributed by atoms with van der Waals surface area (Å²) in [7, 11) is 0. The van der Waals surface area contributed by atoms with E-state index in [4.69, 9.17) is 10.5 Å². The van der Waals surface area contributed by atoms with Crippen molar-refractivity contribution >= 4 is 18.3 Å². The van der Waals surface area contributed by atoms with Crippen LogP contribution >= 0.6 is 0 Å². The summed E-state index contributed by atoms with van der Waals surface area (Å²) in [6.45, 7) is 3.87. The van der Waals surface area contributed by atoms with Crippen molar-refractivity contribution in [2.45, 2.75) is 45.4 Å². The average molecular weight is 396 g/mol. The predicted octanol–water partition coefficient (Wildman–Crippen LogP) is 3.34. The number of carbonyl (C=O) groups is 3. The highest BCUT2D eigenvalue weighted by Gasteiger charge is 2.34. The SMILES string of the molecule is CC(C)C[C@H](N)C(=O)N(C(=O)OCc1ccccc1)[C@H](C=O)Cc1ccccc1. The molecule has 0 aliphatic rings. The van der Waals surface area contributed by atoms with Crippen molar-refractivity contribution in [2.75, 3.05) is 0 Å². The summed E-state index contributed by atoms with van der Waals surface area (Å²) in [5, 5.41) is 0. The lowest BCUT2D eigenvalue weighted by Crippen LogP contribution is -2.53. The number of ether oxygens (including phenoxy) is 1. The Morgan fingerprint density at radius 3 is 2.07 bits per heavy atom. The van der Waals surface area contributed by atoms with Crippen molar-refractivity contribution in [1.82, 2.24) is 4.90 Å². The third-order valence-electron chi connectivity index (χ3n) is 4.46. The molecular formula is C23H28N2O4. The maximum atomic E-state index is 13.0. The Bertz CT molecular complexity index is 793. The first kappa shape index (κ1) is 22.3. The molecule has 0 radical (unpaired) electrons. The van der Waals surface area contributed by atoms with Gasteiger partial charge in [0.1, 0.15) is 18.9 Å². The largest absolute Gasteiger partial charge is 0.444 e. The summed E-state index contributed by atoms with van der Waals surface area (Å²) in [6, 6.07) is 16.4. The molecule has 6 nitrogen and oxygen atoms in total. The highest BCUT2D eigenvalue weighted by atomic mass is 16.6. The van der Waals surface area contributed by atoms with Gasteiger partial charge in [0.05, 0.1) is 6.04 Å². The molecule has 0 heterocycles. The van der Waals surface area contributed by atoms with E-state index in [9.17, 15) is 14.4 Å². The van der Waals surface area contributed by atoms with Crippen molar-refractivity contribution in [1.29, 1.82) is 0 Å². The highest BCUT2D eigenvalue weighted by Crippen LogP contribution is 2.14. The second-order valence-electron chi connectivity index (χ2n) is 7.38. The van der Waals surface area contributed by atoms with Gasteiger partial charge in [0, 0.05) is 6.42 Å². The Morgan fingerprint density at radius 2 is 1.55 bits per heavy atom. The van der Waals surface area contributed by atoms with Gasteiger partial charge in [0.15, 0.2) is 0 Å². The van der Waals surface area contributed by atoms with E-state index in [0.29, 0.717) is 12.7 Å². The van der Waals surface area contributed by atoms with Crippen molar-refractivity contribution in [2.24, 2.45) is 11.7 Å². The van der Waals surface area contributed by atoms with E-state index in [1.165, 1.54) is 0 Å². The Hall–Kier alpha value is -2.99. The van der Waals surface area contributed by atoms with Gasteiger partial charge < -0.3 is 15.3 Å². The van der Waals surface area contributed by atoms with Crippen molar-refractivity contribution < 1.29 is 19.1 Å². The van der Waals surface area contributed by atoms with Crippen LogP contribution in [0.15, 0.2) is 60.7 Å². The predicted molar refractivity (Wildman–Crippen MR) is 111 cm³/mol. The van der Waals surface area contributed by atoms with Crippen LogP contribution in [0.2, 0.25) is 0 Å². The molecule has 0 saturated heterocycles. The first-order chi connectivity index (χ1) is 13.9. The van der Waals surface area contributed by atoms with Crippen LogP contribution in [-0.4, -0.2) is 35.3 Å². The van der Waals surface area contributed by atoms with Gasteiger partial charge >= 0.3 is 6.09 Å². The minimum atomic E-state index is -0.994. The number of nitrogens with two attached hydrogens (primary N) is 1. The van der Waals surface area contributed by atoms with E-state index in [-0.39, 0.29) is 18.9 Å². The number of nitrogens with zero attached hydrogens (tertiary/aromatic N) is 1. The zero-order chi connectivity index (χ0) is 21.2. The molecule has 2 amide bonds. The quantitative estimate of drug-likeness (QED) is 0.657. The molecule has 0 bridgehead atoms. The molecule has 0 saturated carbocycles. The van der Waals surface area contributed by atoms with Crippen molar-refractivity contribution in [3.8, 4) is 0 Å².